The van der Waals surface area contributed by atoms with Gasteiger partial charge in [0.05, 0.1) is 0 Å². The van der Waals surface area contributed by atoms with Crippen LogP contribution in [0, 0.1) is 5.82 Å². The number of nitrogens with one attached hydrogen (secondary N) is 3. The Morgan fingerprint density at radius 2 is 1.67 bits per heavy atom. The summed E-state index contributed by atoms with van der Waals surface area (Å²) in [4.78, 5) is 12.2. The molecule has 0 aliphatic carbocycles. The van der Waals surface area contributed by atoms with Crippen LogP contribution in [0.3, 0.4) is 0 Å². The molecule has 0 aliphatic heterocycles. The second-order valence-corrected chi connectivity index (χ2v) is 8.56. The number of halogens is 4. The van der Waals surface area contributed by atoms with Gasteiger partial charge >= 0.3 is 180 Å². The molecule has 1 amide bonds. The van der Waals surface area contributed by atoms with Crippen LogP contribution in [0.2, 0.25) is 0 Å². The van der Waals surface area contributed by atoms with E-state index in [2.05, 4.69) is 31.5 Å². The fourth-order valence-electron chi connectivity index (χ4n) is 1.96. The van der Waals surface area contributed by atoms with E-state index in [0.29, 0.717) is 10.4 Å². The molecule has 9 heteroatoms. The van der Waals surface area contributed by atoms with E-state index in [4.69, 9.17) is 34.8 Å². The van der Waals surface area contributed by atoms with Gasteiger partial charge in [0.1, 0.15) is 0 Å². The minimum absolute atomic E-state index is 0.355. The zero-order valence-electron chi connectivity index (χ0n) is 13.8. The normalized spacial score (nSPS) is 12.4. The predicted octanol–water partition coefficient (Wildman–Crippen LogP) is 3.61. The van der Waals surface area contributed by atoms with Crippen molar-refractivity contribution >= 4 is 72.7 Å². The summed E-state index contributed by atoms with van der Waals surface area (Å²) in [6.45, 7) is 0. The molecule has 2 aromatic carbocycles. The van der Waals surface area contributed by atoms with Gasteiger partial charge in [-0.3, -0.25) is 0 Å². The van der Waals surface area contributed by atoms with E-state index in [1.54, 1.807) is 18.2 Å². The van der Waals surface area contributed by atoms with Crippen molar-refractivity contribution in [2.75, 3.05) is 5.32 Å². The average molecular weight is 494 g/mol. The van der Waals surface area contributed by atoms with Crippen LogP contribution in [0.1, 0.15) is 5.56 Å². The van der Waals surface area contributed by atoms with Crippen molar-refractivity contribution in [3.63, 3.8) is 0 Å². The average Bonchev–Trinajstić information content (AvgIpc) is 2.61. The van der Waals surface area contributed by atoms with Gasteiger partial charge < -0.3 is 0 Å². The van der Waals surface area contributed by atoms with Gasteiger partial charge in [-0.15, -0.1) is 0 Å². The van der Waals surface area contributed by atoms with E-state index < -0.39 is 15.9 Å². The van der Waals surface area contributed by atoms with Crippen LogP contribution in [0.5, 0.6) is 0 Å². The molecule has 0 aromatic heterocycles. The number of rotatable bonds is 7. The van der Waals surface area contributed by atoms with Crippen LogP contribution in [-0.4, -0.2) is 36.1 Å². The molecule has 0 aliphatic rings. The van der Waals surface area contributed by atoms with Gasteiger partial charge in [0, 0.05) is 0 Å². The molecule has 0 spiro atoms. The summed E-state index contributed by atoms with van der Waals surface area (Å²) in [6, 6.07) is 15.0. The Bertz CT molecular complexity index is 811. The number of alkyl halides is 3. The second kappa shape index (κ2) is 10.1. The van der Waals surface area contributed by atoms with Gasteiger partial charge in [0.2, 0.25) is 0 Å². The van der Waals surface area contributed by atoms with E-state index >= 15 is 0 Å². The molecule has 1 unspecified atom stereocenters. The van der Waals surface area contributed by atoms with Crippen molar-refractivity contribution in [3.05, 3.63) is 72.1 Å². The molecule has 0 bridgehead atoms. The SMILES string of the molecule is O=C(/C=C/c1ccccc1)NC(NC(=[Se])Nc1ccc(F)cc1)C(Cl)(Cl)Cl. The van der Waals surface area contributed by atoms with Crippen molar-refractivity contribution in [1.82, 2.24) is 10.6 Å². The van der Waals surface area contributed by atoms with Crippen LogP contribution >= 0.6 is 34.8 Å². The number of hydrogen-bond acceptors (Lipinski definition) is 3. The van der Waals surface area contributed by atoms with Gasteiger partial charge in [-0.1, -0.05) is 0 Å². The van der Waals surface area contributed by atoms with E-state index in [1.165, 1.54) is 18.2 Å². The molecule has 3 N–H and O–H groups in total. The number of amides is 1. The number of hydrogen-bond donors (Lipinski definition) is 3. The van der Waals surface area contributed by atoms with E-state index in [0.717, 1.165) is 5.56 Å². The first-order chi connectivity index (χ1) is 12.7. The Morgan fingerprint density at radius 1 is 1.04 bits per heavy atom. The van der Waals surface area contributed by atoms with Crippen LogP contribution in [-0.2, 0) is 4.79 Å². The zero-order valence-corrected chi connectivity index (χ0v) is 17.7. The van der Waals surface area contributed by atoms with Crippen molar-refractivity contribution in [1.29, 1.82) is 0 Å². The number of benzene rings is 2. The molecule has 0 saturated carbocycles. The van der Waals surface area contributed by atoms with Gasteiger partial charge in [0.25, 0.3) is 0 Å². The van der Waals surface area contributed by atoms with Crippen LogP contribution in [0.4, 0.5) is 10.1 Å². The molecule has 2 rings (SSSR count). The summed E-state index contributed by atoms with van der Waals surface area (Å²) in [7, 11) is 0. The van der Waals surface area contributed by atoms with E-state index in [1.807, 2.05) is 30.3 Å². The Hall–Kier alpha value is -1.56. The van der Waals surface area contributed by atoms with E-state index in [-0.39, 0.29) is 5.82 Å². The van der Waals surface area contributed by atoms with Crippen molar-refractivity contribution in [2.45, 2.75) is 9.96 Å². The first-order valence-electron chi connectivity index (χ1n) is 7.67. The molecule has 4 nitrogen and oxygen atoms in total. The Labute approximate surface area is 179 Å². The third-order valence-electron chi connectivity index (χ3n) is 3.22. The van der Waals surface area contributed by atoms with E-state index in [9.17, 15) is 9.18 Å². The van der Waals surface area contributed by atoms with Crippen molar-refractivity contribution < 1.29 is 9.18 Å². The zero-order chi connectivity index (χ0) is 19.9. The molecular weight excluding hydrogens is 479 g/mol. The van der Waals surface area contributed by atoms with Gasteiger partial charge in [0.15, 0.2) is 0 Å². The van der Waals surface area contributed by atoms with Crippen molar-refractivity contribution in [2.24, 2.45) is 0 Å². The first kappa shape index (κ1) is 21.7. The number of carbonyl (C=O) groups is 1. The summed E-state index contributed by atoms with van der Waals surface area (Å²) < 4.78 is 11.5. The van der Waals surface area contributed by atoms with Crippen LogP contribution < -0.4 is 16.0 Å². The van der Waals surface area contributed by atoms with Gasteiger partial charge in [-0.25, -0.2) is 0 Å². The Balaban J connectivity index is 1.98. The summed E-state index contributed by atoms with van der Waals surface area (Å²) >= 11 is 20.6. The van der Waals surface area contributed by atoms with Crippen LogP contribution in [0.25, 0.3) is 6.08 Å². The topological polar surface area (TPSA) is 53.2 Å². The van der Waals surface area contributed by atoms with Crippen LogP contribution in [0.15, 0.2) is 60.7 Å². The molecule has 27 heavy (non-hydrogen) atoms. The fraction of sp³-hybridized carbons (Fsp3) is 0.111. The molecule has 2 aromatic rings. The second-order valence-electron chi connectivity index (χ2n) is 5.33. The van der Waals surface area contributed by atoms with Crippen molar-refractivity contribution in [3.8, 4) is 0 Å². The Morgan fingerprint density at radius 3 is 2.26 bits per heavy atom. The quantitative estimate of drug-likeness (QED) is 0.239. The molecule has 0 radical (unpaired) electrons. The Kier molecular flexibility index (Phi) is 8.14. The molecular formula is C18H15Cl3FN3OSe. The maximum absolute atomic E-state index is 13.0. The summed E-state index contributed by atoms with van der Waals surface area (Å²) in [6.07, 6.45) is 1.96. The predicted molar refractivity (Wildman–Crippen MR) is 112 cm³/mol. The maximum atomic E-state index is 13.0. The standard InChI is InChI=1S/C18H15Cl3FN3OSe/c19-18(20,21)16(24-15(26)11-6-12-4-2-1-3-5-12)25-17(27)23-14-9-7-13(22)8-10-14/h1-11,16H,(H,24,26)(H2,23,25,27)/b11-6+. The third kappa shape index (κ3) is 7.91. The fourth-order valence-corrected chi connectivity index (χ4v) is 2.78. The molecule has 0 fully saturated rings. The third-order valence-corrected chi connectivity index (χ3v) is 4.33. The summed E-state index contributed by atoms with van der Waals surface area (Å²) in [5, 5.41) is 8.36. The molecule has 0 saturated heterocycles. The monoisotopic (exact) mass is 493 g/mol. The van der Waals surface area contributed by atoms with Gasteiger partial charge in [-0.05, 0) is 0 Å². The summed E-state index contributed by atoms with van der Waals surface area (Å²) in [5.74, 6) is -0.802. The summed E-state index contributed by atoms with van der Waals surface area (Å²) in [5.41, 5.74) is 1.47. The minimum atomic E-state index is -1.82. The molecule has 0 heterocycles. The van der Waals surface area contributed by atoms with Gasteiger partial charge in [-0.2, -0.15) is 0 Å². The molecule has 142 valence electrons. The number of anilines is 1. The number of carbonyl (C=O) groups excluding carboxylic acids is 1. The first-order valence-corrected chi connectivity index (χ1v) is 9.66. The molecule has 1 atom stereocenters.